The summed E-state index contributed by atoms with van der Waals surface area (Å²) in [6.45, 7) is 0. The van der Waals surface area contributed by atoms with E-state index in [1.54, 1.807) is 10.7 Å². The molecule has 2 heterocycles. The first-order valence-corrected chi connectivity index (χ1v) is 4.78. The van der Waals surface area contributed by atoms with Gasteiger partial charge in [-0.05, 0) is 11.6 Å². The van der Waals surface area contributed by atoms with Crippen molar-refractivity contribution in [3.63, 3.8) is 0 Å². The number of hydrogen-bond donors (Lipinski definition) is 0. The van der Waals surface area contributed by atoms with Gasteiger partial charge in [0.25, 0.3) is 0 Å². The van der Waals surface area contributed by atoms with Gasteiger partial charge in [0.1, 0.15) is 0 Å². The van der Waals surface area contributed by atoms with Gasteiger partial charge in [0.05, 0.1) is 6.20 Å². The average molecular weight is 195 g/mol. The molecular formula is C12H9N3. The molecule has 0 atom stereocenters. The second-order valence-electron chi connectivity index (χ2n) is 3.34. The van der Waals surface area contributed by atoms with Crippen molar-refractivity contribution in [1.29, 1.82) is 0 Å². The molecule has 0 aliphatic rings. The van der Waals surface area contributed by atoms with E-state index < -0.39 is 0 Å². The monoisotopic (exact) mass is 195 g/mol. The van der Waals surface area contributed by atoms with Gasteiger partial charge in [-0.3, -0.25) is 0 Å². The summed E-state index contributed by atoms with van der Waals surface area (Å²) in [7, 11) is 0. The Morgan fingerprint density at radius 1 is 1.00 bits per heavy atom. The minimum atomic E-state index is 0.872. The van der Waals surface area contributed by atoms with Gasteiger partial charge in [-0.25, -0.2) is 9.50 Å². The number of aromatic nitrogens is 3. The fourth-order valence-electron chi connectivity index (χ4n) is 1.60. The highest BCUT2D eigenvalue weighted by atomic mass is 15.2. The number of fused-ring (bicyclic) bond motifs is 1. The van der Waals surface area contributed by atoms with Crippen LogP contribution in [0.5, 0.6) is 0 Å². The van der Waals surface area contributed by atoms with Crippen LogP contribution in [0.2, 0.25) is 0 Å². The van der Waals surface area contributed by atoms with Crippen LogP contribution in [0.15, 0.2) is 55.0 Å². The third-order valence-electron chi connectivity index (χ3n) is 2.36. The molecule has 0 saturated heterocycles. The molecule has 0 radical (unpaired) electrons. The van der Waals surface area contributed by atoms with Crippen LogP contribution in [0, 0.1) is 0 Å². The molecule has 0 N–H and O–H groups in total. The predicted molar refractivity (Wildman–Crippen MR) is 58.4 cm³/mol. The Morgan fingerprint density at radius 3 is 2.73 bits per heavy atom. The molecule has 0 unspecified atom stereocenters. The lowest BCUT2D eigenvalue weighted by atomic mass is 10.1. The zero-order valence-electron chi connectivity index (χ0n) is 8.04. The van der Waals surface area contributed by atoms with E-state index in [1.165, 1.54) is 0 Å². The van der Waals surface area contributed by atoms with Crippen molar-refractivity contribution in [3.8, 4) is 11.1 Å². The molecule has 0 aliphatic heterocycles. The Hall–Kier alpha value is -2.16. The van der Waals surface area contributed by atoms with Crippen molar-refractivity contribution in [1.82, 2.24) is 14.6 Å². The van der Waals surface area contributed by atoms with Gasteiger partial charge in [0.15, 0.2) is 5.65 Å². The van der Waals surface area contributed by atoms with E-state index in [-0.39, 0.29) is 0 Å². The third-order valence-corrected chi connectivity index (χ3v) is 2.36. The van der Waals surface area contributed by atoms with E-state index in [1.807, 2.05) is 36.7 Å². The summed E-state index contributed by atoms with van der Waals surface area (Å²) >= 11 is 0. The summed E-state index contributed by atoms with van der Waals surface area (Å²) in [5, 5.41) is 4.27. The van der Waals surface area contributed by atoms with Crippen LogP contribution in [-0.4, -0.2) is 14.6 Å². The second-order valence-corrected chi connectivity index (χ2v) is 3.34. The van der Waals surface area contributed by atoms with Gasteiger partial charge in [-0.15, -0.1) is 0 Å². The largest absolute Gasteiger partial charge is 0.236 e. The first-order valence-electron chi connectivity index (χ1n) is 4.78. The Morgan fingerprint density at radius 2 is 1.87 bits per heavy atom. The van der Waals surface area contributed by atoms with Crippen LogP contribution < -0.4 is 0 Å². The minimum Gasteiger partial charge on any atom is -0.236 e. The number of rotatable bonds is 1. The number of benzene rings is 1. The fourth-order valence-corrected chi connectivity index (χ4v) is 1.60. The Bertz CT molecular complexity index is 584. The van der Waals surface area contributed by atoms with Crippen LogP contribution >= 0.6 is 0 Å². The van der Waals surface area contributed by atoms with E-state index in [0.717, 1.165) is 16.8 Å². The zero-order valence-corrected chi connectivity index (χ0v) is 8.04. The molecule has 3 nitrogen and oxygen atoms in total. The highest BCUT2D eigenvalue weighted by Gasteiger charge is 1.99. The maximum atomic E-state index is 4.27. The maximum absolute atomic E-state index is 4.27. The quantitative estimate of drug-likeness (QED) is 0.596. The van der Waals surface area contributed by atoms with Crippen LogP contribution in [-0.2, 0) is 0 Å². The van der Waals surface area contributed by atoms with Gasteiger partial charge < -0.3 is 0 Å². The van der Waals surface area contributed by atoms with Gasteiger partial charge in [-0.2, -0.15) is 5.10 Å². The molecule has 0 bridgehead atoms. The summed E-state index contributed by atoms with van der Waals surface area (Å²) in [5.74, 6) is 0. The predicted octanol–water partition coefficient (Wildman–Crippen LogP) is 2.40. The first kappa shape index (κ1) is 8.17. The summed E-state index contributed by atoms with van der Waals surface area (Å²) < 4.78 is 1.76. The van der Waals surface area contributed by atoms with E-state index in [4.69, 9.17) is 0 Å². The van der Waals surface area contributed by atoms with E-state index in [0.29, 0.717) is 0 Å². The molecule has 0 saturated carbocycles. The summed E-state index contributed by atoms with van der Waals surface area (Å²) in [5.41, 5.74) is 3.13. The van der Waals surface area contributed by atoms with Gasteiger partial charge in [-0.1, -0.05) is 30.3 Å². The van der Waals surface area contributed by atoms with Gasteiger partial charge in [0, 0.05) is 18.0 Å². The molecule has 1 aromatic carbocycles. The SMILES string of the molecule is c1ccc(-c2cnn3ccnc3c2)cc1. The lowest BCUT2D eigenvalue weighted by Crippen LogP contribution is -1.90. The molecule has 0 spiro atoms. The molecule has 3 aromatic rings. The molecular weight excluding hydrogens is 186 g/mol. The molecule has 3 rings (SSSR count). The van der Waals surface area contributed by atoms with E-state index in [9.17, 15) is 0 Å². The topological polar surface area (TPSA) is 30.2 Å². The van der Waals surface area contributed by atoms with Gasteiger partial charge >= 0.3 is 0 Å². The van der Waals surface area contributed by atoms with Gasteiger partial charge in [0.2, 0.25) is 0 Å². The minimum absolute atomic E-state index is 0.872. The smallest absolute Gasteiger partial charge is 0.154 e. The zero-order chi connectivity index (χ0) is 10.1. The first-order chi connectivity index (χ1) is 7.43. The lowest BCUT2D eigenvalue weighted by Gasteiger charge is -2.00. The van der Waals surface area contributed by atoms with Crippen molar-refractivity contribution in [2.24, 2.45) is 0 Å². The van der Waals surface area contributed by atoms with Crippen molar-refractivity contribution in [2.45, 2.75) is 0 Å². The summed E-state index contributed by atoms with van der Waals surface area (Å²) in [6, 6.07) is 12.2. The van der Waals surface area contributed by atoms with Crippen molar-refractivity contribution >= 4 is 5.65 Å². The molecule has 0 aliphatic carbocycles. The highest BCUT2D eigenvalue weighted by molar-refractivity contribution is 5.65. The van der Waals surface area contributed by atoms with Crippen molar-refractivity contribution in [2.75, 3.05) is 0 Å². The summed E-state index contributed by atoms with van der Waals surface area (Å²) in [4.78, 5) is 4.21. The highest BCUT2D eigenvalue weighted by Crippen LogP contribution is 2.18. The Balaban J connectivity index is 2.19. The molecule has 0 fully saturated rings. The molecule has 3 heteroatoms. The maximum Gasteiger partial charge on any atom is 0.154 e. The molecule has 72 valence electrons. The number of hydrogen-bond acceptors (Lipinski definition) is 2. The average Bonchev–Trinajstić information content (AvgIpc) is 2.77. The molecule has 0 amide bonds. The third kappa shape index (κ3) is 1.38. The van der Waals surface area contributed by atoms with Crippen LogP contribution in [0.4, 0.5) is 0 Å². The van der Waals surface area contributed by atoms with Crippen LogP contribution in [0.3, 0.4) is 0 Å². The molecule has 2 aromatic heterocycles. The van der Waals surface area contributed by atoms with E-state index >= 15 is 0 Å². The standard InChI is InChI=1S/C12H9N3/c1-2-4-10(5-3-1)11-8-12-13-6-7-15(12)14-9-11/h1-9H. The number of imidazole rings is 1. The molecule has 15 heavy (non-hydrogen) atoms. The Labute approximate surface area is 87.0 Å². The fraction of sp³-hybridized carbons (Fsp3) is 0. The Kier molecular flexibility index (Phi) is 1.75. The second kappa shape index (κ2) is 3.20. The van der Waals surface area contributed by atoms with Crippen LogP contribution in [0.1, 0.15) is 0 Å². The normalized spacial score (nSPS) is 10.7. The van der Waals surface area contributed by atoms with Crippen LogP contribution in [0.25, 0.3) is 16.8 Å². The van der Waals surface area contributed by atoms with E-state index in [2.05, 4.69) is 22.2 Å². The van der Waals surface area contributed by atoms with Crippen molar-refractivity contribution in [3.05, 3.63) is 55.0 Å². The summed E-state index contributed by atoms with van der Waals surface area (Å²) in [6.07, 6.45) is 5.44. The van der Waals surface area contributed by atoms with Crippen molar-refractivity contribution < 1.29 is 0 Å². The lowest BCUT2D eigenvalue weighted by molar-refractivity contribution is 0.937. The number of nitrogens with zero attached hydrogens (tertiary/aromatic N) is 3.